The lowest BCUT2D eigenvalue weighted by Crippen LogP contribution is -2.14. The van der Waals surface area contributed by atoms with E-state index >= 15 is 0 Å². The quantitative estimate of drug-likeness (QED) is 0.646. The molecule has 0 aromatic carbocycles. The zero-order valence-electron chi connectivity index (χ0n) is 13.6. The Balaban J connectivity index is 2.89. The maximum Gasteiger partial charge on any atom is 0.242 e. The monoisotopic (exact) mass is 296 g/mol. The van der Waals surface area contributed by atoms with Crippen LogP contribution < -0.4 is 15.8 Å². The van der Waals surface area contributed by atoms with Crippen LogP contribution in [0.25, 0.3) is 0 Å². The third-order valence-corrected chi connectivity index (χ3v) is 2.90. The molecule has 0 amide bonds. The molecule has 0 aliphatic heterocycles. The molecular weight excluding hydrogens is 268 g/mol. The van der Waals surface area contributed by atoms with Crippen molar-refractivity contribution < 1.29 is 9.47 Å². The summed E-state index contributed by atoms with van der Waals surface area (Å²) in [5, 5.41) is 3.27. The molecule has 0 bridgehead atoms. The van der Waals surface area contributed by atoms with Crippen LogP contribution in [-0.4, -0.2) is 36.8 Å². The Labute approximate surface area is 127 Å². The van der Waals surface area contributed by atoms with Gasteiger partial charge in [0.1, 0.15) is 18.1 Å². The first-order valence-corrected chi connectivity index (χ1v) is 7.60. The van der Waals surface area contributed by atoms with Crippen LogP contribution in [0.2, 0.25) is 0 Å². The van der Waals surface area contributed by atoms with Crippen molar-refractivity contribution in [1.29, 1.82) is 0 Å². The summed E-state index contributed by atoms with van der Waals surface area (Å²) in [4.78, 5) is 8.93. The first kappa shape index (κ1) is 17.5. The largest absolute Gasteiger partial charge is 0.474 e. The summed E-state index contributed by atoms with van der Waals surface area (Å²) in [5.41, 5.74) is 6.56. The molecule has 0 unspecified atom stereocenters. The molecule has 0 spiro atoms. The van der Waals surface area contributed by atoms with Crippen molar-refractivity contribution in [3.05, 3.63) is 5.82 Å². The van der Waals surface area contributed by atoms with Crippen LogP contribution in [0.15, 0.2) is 0 Å². The van der Waals surface area contributed by atoms with E-state index in [4.69, 9.17) is 15.2 Å². The van der Waals surface area contributed by atoms with E-state index in [-0.39, 0.29) is 0 Å². The molecule has 1 aromatic heterocycles. The summed E-state index contributed by atoms with van der Waals surface area (Å²) < 4.78 is 10.6. The Morgan fingerprint density at radius 2 is 2.00 bits per heavy atom. The second-order valence-corrected chi connectivity index (χ2v) is 5.43. The number of hydrogen-bond acceptors (Lipinski definition) is 6. The molecule has 120 valence electrons. The van der Waals surface area contributed by atoms with Crippen molar-refractivity contribution in [3.63, 3.8) is 0 Å². The maximum absolute atomic E-state index is 6.09. The molecule has 0 aliphatic rings. The van der Waals surface area contributed by atoms with Crippen LogP contribution >= 0.6 is 0 Å². The minimum Gasteiger partial charge on any atom is -0.474 e. The molecule has 0 radical (unpaired) electrons. The first-order valence-electron chi connectivity index (χ1n) is 7.60. The van der Waals surface area contributed by atoms with Crippen molar-refractivity contribution in [2.45, 2.75) is 40.0 Å². The number of anilines is 2. The van der Waals surface area contributed by atoms with Crippen LogP contribution in [0, 0.1) is 5.92 Å². The number of ether oxygens (including phenoxy) is 2. The number of aromatic nitrogens is 2. The van der Waals surface area contributed by atoms with Crippen LogP contribution in [0.1, 0.15) is 39.4 Å². The second kappa shape index (κ2) is 9.39. The average Bonchev–Trinajstić information content (AvgIpc) is 2.43. The smallest absolute Gasteiger partial charge is 0.242 e. The molecule has 6 nitrogen and oxygen atoms in total. The predicted octanol–water partition coefficient (Wildman–Crippen LogP) is 2.49. The topological polar surface area (TPSA) is 82.3 Å². The molecule has 6 heteroatoms. The van der Waals surface area contributed by atoms with Crippen molar-refractivity contribution in [3.8, 4) is 5.88 Å². The molecule has 0 atom stereocenters. The number of nitrogens with one attached hydrogen (secondary N) is 1. The molecule has 3 N–H and O–H groups in total. The van der Waals surface area contributed by atoms with Crippen LogP contribution in [0.5, 0.6) is 5.88 Å². The van der Waals surface area contributed by atoms with Crippen molar-refractivity contribution in [2.24, 2.45) is 5.92 Å². The van der Waals surface area contributed by atoms with E-state index in [0.29, 0.717) is 36.5 Å². The predicted molar refractivity (Wildman–Crippen MR) is 85.8 cm³/mol. The number of nitrogens with two attached hydrogens (primary N) is 1. The van der Waals surface area contributed by atoms with Gasteiger partial charge in [0.25, 0.3) is 0 Å². The zero-order valence-corrected chi connectivity index (χ0v) is 13.6. The van der Waals surface area contributed by atoms with Crippen molar-refractivity contribution >= 4 is 11.5 Å². The Morgan fingerprint density at radius 3 is 2.62 bits per heavy atom. The maximum atomic E-state index is 6.09. The fourth-order valence-corrected chi connectivity index (χ4v) is 1.80. The zero-order chi connectivity index (χ0) is 15.7. The number of nitrogen functional groups attached to an aromatic ring is 1. The number of rotatable bonds is 10. The Morgan fingerprint density at radius 1 is 1.24 bits per heavy atom. The van der Waals surface area contributed by atoms with E-state index in [1.54, 1.807) is 7.11 Å². The van der Waals surface area contributed by atoms with E-state index in [0.717, 1.165) is 31.6 Å². The number of methoxy groups -OCH3 is 1. The van der Waals surface area contributed by atoms with E-state index in [1.165, 1.54) is 0 Å². The van der Waals surface area contributed by atoms with Gasteiger partial charge in [0, 0.05) is 20.1 Å². The van der Waals surface area contributed by atoms with Crippen LogP contribution in [-0.2, 0) is 11.2 Å². The van der Waals surface area contributed by atoms with Gasteiger partial charge in [-0.05, 0) is 12.3 Å². The Kier molecular flexibility index (Phi) is 7.82. The number of nitrogens with zero attached hydrogens (tertiary/aromatic N) is 2. The number of unbranched alkanes of at least 4 members (excludes halogenated alkanes) is 1. The van der Waals surface area contributed by atoms with Gasteiger partial charge in [-0.3, -0.25) is 0 Å². The van der Waals surface area contributed by atoms with Gasteiger partial charge in [0.05, 0.1) is 6.61 Å². The van der Waals surface area contributed by atoms with E-state index in [9.17, 15) is 0 Å². The average molecular weight is 296 g/mol. The lowest BCUT2D eigenvalue weighted by atomic mass is 10.1. The Hall–Kier alpha value is -1.56. The van der Waals surface area contributed by atoms with Crippen molar-refractivity contribution in [2.75, 3.05) is 37.9 Å². The molecule has 1 aromatic rings. The van der Waals surface area contributed by atoms with Gasteiger partial charge in [0.15, 0.2) is 5.82 Å². The lowest BCUT2D eigenvalue weighted by molar-refractivity contribution is 0.144. The fraction of sp³-hybridized carbons (Fsp3) is 0.733. The van der Waals surface area contributed by atoms with E-state index < -0.39 is 0 Å². The molecule has 1 rings (SSSR count). The SMILES string of the molecule is CCCCNc1nc(CC(C)C)nc(OCCOC)c1N. The highest BCUT2D eigenvalue weighted by molar-refractivity contribution is 5.66. The molecule has 21 heavy (non-hydrogen) atoms. The third kappa shape index (κ3) is 6.16. The second-order valence-electron chi connectivity index (χ2n) is 5.43. The third-order valence-electron chi connectivity index (χ3n) is 2.90. The van der Waals surface area contributed by atoms with Crippen LogP contribution in [0.4, 0.5) is 11.5 Å². The summed E-state index contributed by atoms with van der Waals surface area (Å²) >= 11 is 0. The molecule has 0 saturated heterocycles. The highest BCUT2D eigenvalue weighted by Crippen LogP contribution is 2.26. The normalized spacial score (nSPS) is 10.9. The van der Waals surface area contributed by atoms with Gasteiger partial charge in [-0.15, -0.1) is 0 Å². The minimum atomic E-state index is 0.424. The lowest BCUT2D eigenvalue weighted by Gasteiger charge is -2.14. The van der Waals surface area contributed by atoms with E-state index in [2.05, 4.69) is 36.1 Å². The molecule has 0 fully saturated rings. The van der Waals surface area contributed by atoms with Gasteiger partial charge in [-0.1, -0.05) is 27.2 Å². The summed E-state index contributed by atoms with van der Waals surface area (Å²) in [6.45, 7) is 8.18. The van der Waals surface area contributed by atoms with Gasteiger partial charge in [0.2, 0.25) is 5.88 Å². The minimum absolute atomic E-state index is 0.424. The summed E-state index contributed by atoms with van der Waals surface area (Å²) in [7, 11) is 1.63. The van der Waals surface area contributed by atoms with Crippen LogP contribution in [0.3, 0.4) is 0 Å². The highest BCUT2D eigenvalue weighted by Gasteiger charge is 2.13. The first-order chi connectivity index (χ1) is 10.1. The van der Waals surface area contributed by atoms with Crippen molar-refractivity contribution in [1.82, 2.24) is 9.97 Å². The highest BCUT2D eigenvalue weighted by atomic mass is 16.5. The standard InChI is InChI=1S/C15H28N4O2/c1-5-6-7-17-14-13(16)15(21-9-8-20-4)19-12(18-14)10-11(2)3/h11H,5-10,16H2,1-4H3,(H,17,18,19). The van der Waals surface area contributed by atoms with Gasteiger partial charge >= 0.3 is 0 Å². The Bertz CT molecular complexity index is 393. The summed E-state index contributed by atoms with van der Waals surface area (Å²) in [5.74, 6) is 2.34. The van der Waals surface area contributed by atoms with Gasteiger partial charge < -0.3 is 20.5 Å². The molecule has 0 aliphatic carbocycles. The van der Waals surface area contributed by atoms with Gasteiger partial charge in [-0.2, -0.15) is 4.98 Å². The summed E-state index contributed by atoms with van der Waals surface area (Å²) in [6.07, 6.45) is 2.99. The molecule has 1 heterocycles. The van der Waals surface area contributed by atoms with E-state index in [1.807, 2.05) is 0 Å². The molecule has 0 saturated carbocycles. The fourth-order valence-electron chi connectivity index (χ4n) is 1.80. The number of hydrogen-bond donors (Lipinski definition) is 2. The summed E-state index contributed by atoms with van der Waals surface area (Å²) in [6, 6.07) is 0. The molecular formula is C15H28N4O2. The van der Waals surface area contributed by atoms with Gasteiger partial charge in [-0.25, -0.2) is 4.98 Å².